The molecule has 4 rings (SSSR count). The van der Waals surface area contributed by atoms with Crippen molar-refractivity contribution in [3.05, 3.63) is 65.7 Å². The lowest BCUT2D eigenvalue weighted by atomic mass is 9.82. The van der Waals surface area contributed by atoms with E-state index in [4.69, 9.17) is 21.6 Å². The average Bonchev–Trinajstić information content (AvgIpc) is 2.79. The van der Waals surface area contributed by atoms with E-state index in [9.17, 15) is 9.90 Å². The van der Waals surface area contributed by atoms with Crippen LogP contribution in [0.3, 0.4) is 0 Å². The maximum Gasteiger partial charge on any atom is 0.306 e. The topological polar surface area (TPSA) is 75.1 Å². The zero-order chi connectivity index (χ0) is 20.9. The molecule has 1 aliphatic carbocycles. The van der Waals surface area contributed by atoms with E-state index in [1.54, 1.807) is 0 Å². The molecule has 1 aliphatic rings. The maximum absolute atomic E-state index is 11.2. The average molecular weight is 422 g/mol. The molecular formula is C24H24ClN3O2. The molecule has 6 heteroatoms. The summed E-state index contributed by atoms with van der Waals surface area (Å²) in [6.45, 7) is 0.741. The van der Waals surface area contributed by atoms with Crippen LogP contribution in [0.25, 0.3) is 22.5 Å². The number of nitrogens with one attached hydrogen (secondary N) is 1. The van der Waals surface area contributed by atoms with Gasteiger partial charge in [-0.1, -0.05) is 54.1 Å². The number of hydrogen-bond acceptors (Lipinski definition) is 4. The summed E-state index contributed by atoms with van der Waals surface area (Å²) in [5, 5.41) is 13.3. The van der Waals surface area contributed by atoms with Crippen LogP contribution in [0.1, 0.15) is 25.7 Å². The van der Waals surface area contributed by atoms with Crippen LogP contribution >= 0.6 is 11.6 Å². The van der Waals surface area contributed by atoms with Gasteiger partial charge < -0.3 is 10.4 Å². The van der Waals surface area contributed by atoms with Gasteiger partial charge >= 0.3 is 5.97 Å². The zero-order valence-electron chi connectivity index (χ0n) is 16.6. The third kappa shape index (κ3) is 4.97. The van der Waals surface area contributed by atoms with Crippen molar-refractivity contribution in [2.24, 2.45) is 11.8 Å². The monoisotopic (exact) mass is 421 g/mol. The van der Waals surface area contributed by atoms with Crippen LogP contribution in [0, 0.1) is 11.8 Å². The minimum atomic E-state index is -0.673. The number of nitrogens with zero attached hydrogens (tertiary/aromatic N) is 2. The molecular weight excluding hydrogens is 398 g/mol. The molecule has 1 fully saturated rings. The minimum Gasteiger partial charge on any atom is -0.481 e. The Morgan fingerprint density at radius 2 is 1.53 bits per heavy atom. The molecule has 1 aromatic heterocycles. The molecule has 0 aliphatic heterocycles. The molecule has 1 saturated carbocycles. The molecule has 0 amide bonds. The van der Waals surface area contributed by atoms with Gasteiger partial charge in [-0.3, -0.25) is 4.79 Å². The Morgan fingerprint density at radius 1 is 0.933 bits per heavy atom. The van der Waals surface area contributed by atoms with Crippen LogP contribution in [-0.2, 0) is 4.79 Å². The summed E-state index contributed by atoms with van der Waals surface area (Å²) in [6.07, 6.45) is 3.30. The first-order valence-corrected chi connectivity index (χ1v) is 10.6. The minimum absolute atomic E-state index is 0.199. The largest absolute Gasteiger partial charge is 0.481 e. The van der Waals surface area contributed by atoms with Gasteiger partial charge in [0.25, 0.3) is 0 Å². The highest BCUT2D eigenvalue weighted by Crippen LogP contribution is 2.30. The number of aliphatic carboxylic acids is 1. The highest BCUT2D eigenvalue weighted by molar-refractivity contribution is 6.30. The van der Waals surface area contributed by atoms with Crippen LogP contribution in [0.15, 0.2) is 60.7 Å². The highest BCUT2D eigenvalue weighted by Gasteiger charge is 2.25. The number of anilines is 1. The van der Waals surface area contributed by atoms with E-state index in [0.717, 1.165) is 54.7 Å². The van der Waals surface area contributed by atoms with E-state index < -0.39 is 5.97 Å². The van der Waals surface area contributed by atoms with Crippen LogP contribution in [0.5, 0.6) is 0 Å². The van der Waals surface area contributed by atoms with Gasteiger partial charge in [-0.05, 0) is 49.8 Å². The Labute approximate surface area is 181 Å². The van der Waals surface area contributed by atoms with Crippen molar-refractivity contribution in [3.63, 3.8) is 0 Å². The van der Waals surface area contributed by atoms with Gasteiger partial charge in [-0.15, -0.1) is 0 Å². The van der Waals surface area contributed by atoms with E-state index in [1.807, 2.05) is 60.7 Å². The van der Waals surface area contributed by atoms with Crippen molar-refractivity contribution in [3.8, 4) is 22.5 Å². The first-order chi connectivity index (χ1) is 14.6. The Morgan fingerprint density at radius 3 is 2.13 bits per heavy atom. The van der Waals surface area contributed by atoms with Crippen molar-refractivity contribution in [2.45, 2.75) is 25.7 Å². The maximum atomic E-state index is 11.2. The molecule has 0 bridgehead atoms. The van der Waals surface area contributed by atoms with Crippen molar-refractivity contribution in [1.82, 2.24) is 9.97 Å². The number of halogens is 1. The Hall–Kier alpha value is -2.92. The smallest absolute Gasteiger partial charge is 0.306 e. The van der Waals surface area contributed by atoms with Crippen LogP contribution in [0.4, 0.5) is 5.95 Å². The number of rotatable bonds is 6. The Bertz CT molecular complexity index is 1000. The normalized spacial score (nSPS) is 18.7. The zero-order valence-corrected chi connectivity index (χ0v) is 17.3. The molecule has 0 atom stereocenters. The summed E-state index contributed by atoms with van der Waals surface area (Å²) in [6, 6.07) is 19.6. The summed E-state index contributed by atoms with van der Waals surface area (Å²) < 4.78 is 0. The molecule has 0 saturated heterocycles. The molecule has 3 aromatic rings. The number of benzene rings is 2. The van der Waals surface area contributed by atoms with E-state index in [2.05, 4.69) is 5.32 Å². The predicted octanol–water partition coefficient (Wildman–Crippen LogP) is 5.77. The molecule has 0 radical (unpaired) electrons. The van der Waals surface area contributed by atoms with Crippen LogP contribution in [-0.4, -0.2) is 27.6 Å². The van der Waals surface area contributed by atoms with Gasteiger partial charge in [0.2, 0.25) is 5.95 Å². The summed E-state index contributed by atoms with van der Waals surface area (Å²) in [5.74, 6) is 0.147. The van der Waals surface area contributed by atoms with Gasteiger partial charge in [0.15, 0.2) is 0 Å². The van der Waals surface area contributed by atoms with Gasteiger partial charge in [-0.2, -0.15) is 0 Å². The standard InChI is InChI=1S/C24H24ClN3O2/c25-20-12-10-18(11-13-20)22-14-21(17-4-2-1-3-5-17)27-24(28-22)26-15-16-6-8-19(9-7-16)23(29)30/h1-5,10-14,16,19H,6-9,15H2,(H,29,30)(H,26,27,28). The number of hydrogen-bond donors (Lipinski definition) is 2. The van der Waals surface area contributed by atoms with Gasteiger partial charge in [-0.25, -0.2) is 9.97 Å². The number of aromatic nitrogens is 2. The van der Waals surface area contributed by atoms with Gasteiger partial charge in [0, 0.05) is 22.7 Å². The molecule has 30 heavy (non-hydrogen) atoms. The lowest BCUT2D eigenvalue weighted by molar-refractivity contribution is -0.143. The Balaban J connectivity index is 1.55. The molecule has 0 spiro atoms. The van der Waals surface area contributed by atoms with E-state index in [-0.39, 0.29) is 5.92 Å². The fourth-order valence-corrected chi connectivity index (χ4v) is 4.03. The van der Waals surface area contributed by atoms with Crippen molar-refractivity contribution in [2.75, 3.05) is 11.9 Å². The molecule has 154 valence electrons. The molecule has 0 unspecified atom stereocenters. The fourth-order valence-electron chi connectivity index (χ4n) is 3.90. The second-order valence-electron chi connectivity index (χ2n) is 7.77. The summed E-state index contributed by atoms with van der Waals surface area (Å²) >= 11 is 6.04. The third-order valence-corrected chi connectivity index (χ3v) is 5.93. The lowest BCUT2D eigenvalue weighted by Crippen LogP contribution is -2.25. The van der Waals surface area contributed by atoms with Crippen LogP contribution < -0.4 is 5.32 Å². The summed E-state index contributed by atoms with van der Waals surface area (Å²) in [7, 11) is 0. The number of carboxylic acid groups (broad SMARTS) is 1. The van der Waals surface area contributed by atoms with Gasteiger partial charge in [0.05, 0.1) is 17.3 Å². The summed E-state index contributed by atoms with van der Waals surface area (Å²) in [4.78, 5) is 20.6. The lowest BCUT2D eigenvalue weighted by Gasteiger charge is -2.26. The molecule has 2 N–H and O–H groups in total. The van der Waals surface area contributed by atoms with E-state index in [1.165, 1.54) is 0 Å². The first kappa shape index (κ1) is 20.4. The molecule has 5 nitrogen and oxygen atoms in total. The van der Waals surface area contributed by atoms with Gasteiger partial charge in [0.1, 0.15) is 0 Å². The second kappa shape index (κ2) is 9.26. The Kier molecular flexibility index (Phi) is 6.29. The second-order valence-corrected chi connectivity index (χ2v) is 8.21. The van der Waals surface area contributed by atoms with E-state index >= 15 is 0 Å². The fraction of sp³-hybridized carbons (Fsp3) is 0.292. The quantitative estimate of drug-likeness (QED) is 0.528. The molecule has 1 heterocycles. The number of carboxylic acids is 1. The van der Waals surface area contributed by atoms with Crippen molar-refractivity contribution in [1.29, 1.82) is 0 Å². The third-order valence-electron chi connectivity index (χ3n) is 5.68. The predicted molar refractivity (Wildman–Crippen MR) is 119 cm³/mol. The SMILES string of the molecule is O=C(O)C1CCC(CNc2nc(-c3ccccc3)cc(-c3ccc(Cl)cc3)n2)CC1. The number of carbonyl (C=O) groups is 1. The highest BCUT2D eigenvalue weighted by atomic mass is 35.5. The van der Waals surface area contributed by atoms with E-state index in [0.29, 0.717) is 16.9 Å². The first-order valence-electron chi connectivity index (χ1n) is 10.3. The van der Waals surface area contributed by atoms with Crippen LogP contribution in [0.2, 0.25) is 5.02 Å². The summed E-state index contributed by atoms with van der Waals surface area (Å²) in [5.41, 5.74) is 3.69. The van der Waals surface area contributed by atoms with Crippen molar-refractivity contribution < 1.29 is 9.90 Å². The van der Waals surface area contributed by atoms with Crippen molar-refractivity contribution >= 4 is 23.5 Å². The molecule has 2 aromatic carbocycles.